The number of nitrogens with one attached hydrogen (secondary N) is 3. The van der Waals surface area contributed by atoms with Crippen LogP contribution in [0.1, 0.15) is 23.6 Å². The van der Waals surface area contributed by atoms with Crippen LogP contribution in [0.2, 0.25) is 0 Å². The normalized spacial score (nSPS) is 10.6. The quantitative estimate of drug-likeness (QED) is 0.199. The summed E-state index contributed by atoms with van der Waals surface area (Å²) in [5, 5.41) is 9.17. The molecule has 0 aliphatic rings. The minimum atomic E-state index is -0.965. The van der Waals surface area contributed by atoms with Gasteiger partial charge in [-0.15, -0.1) is 0 Å². The number of hydrazone groups is 1. The molecular weight excluding hydrogens is 540 g/mol. The number of aryl methyl sites for hydroxylation is 2. The molecule has 0 bridgehead atoms. The first kappa shape index (κ1) is 27.4. The molecule has 3 N–H and O–H groups in total. The summed E-state index contributed by atoms with van der Waals surface area (Å²) in [5.74, 6) is -1.38. The smallest absolute Gasteiger partial charge is 0.329 e. The van der Waals surface area contributed by atoms with Gasteiger partial charge in [-0.2, -0.15) is 5.10 Å². The van der Waals surface area contributed by atoms with E-state index in [1.807, 2.05) is 39.0 Å². The molecule has 3 aromatic carbocycles. The minimum Gasteiger partial charge on any atom is -0.492 e. The number of hydrogen-bond donors (Lipinski definition) is 3. The van der Waals surface area contributed by atoms with Crippen molar-refractivity contribution < 1.29 is 23.9 Å². The van der Waals surface area contributed by atoms with Gasteiger partial charge < -0.3 is 20.1 Å². The first-order valence-electron chi connectivity index (χ1n) is 11.4. The van der Waals surface area contributed by atoms with Gasteiger partial charge in [-0.3, -0.25) is 14.4 Å². The van der Waals surface area contributed by atoms with E-state index in [1.54, 1.807) is 42.5 Å². The van der Waals surface area contributed by atoms with Crippen molar-refractivity contribution in [2.75, 3.05) is 23.8 Å². The van der Waals surface area contributed by atoms with Gasteiger partial charge >= 0.3 is 11.8 Å². The van der Waals surface area contributed by atoms with Crippen molar-refractivity contribution in [3.05, 3.63) is 81.8 Å². The van der Waals surface area contributed by atoms with Gasteiger partial charge in [0.15, 0.2) is 6.61 Å². The van der Waals surface area contributed by atoms with Gasteiger partial charge in [-0.25, -0.2) is 5.43 Å². The molecule has 9 nitrogen and oxygen atoms in total. The summed E-state index contributed by atoms with van der Waals surface area (Å²) in [6, 6.07) is 17.7. The zero-order valence-electron chi connectivity index (χ0n) is 20.6. The van der Waals surface area contributed by atoms with E-state index < -0.39 is 11.8 Å². The molecular formula is C27H27BrN4O5. The van der Waals surface area contributed by atoms with Gasteiger partial charge in [-0.05, 0) is 74.4 Å². The van der Waals surface area contributed by atoms with Crippen molar-refractivity contribution in [3.8, 4) is 11.5 Å². The van der Waals surface area contributed by atoms with Gasteiger partial charge in [-0.1, -0.05) is 34.1 Å². The van der Waals surface area contributed by atoms with Crippen LogP contribution in [0.25, 0.3) is 0 Å². The number of anilines is 2. The Morgan fingerprint density at radius 3 is 2.35 bits per heavy atom. The zero-order chi connectivity index (χ0) is 26.8. The number of benzene rings is 3. The summed E-state index contributed by atoms with van der Waals surface area (Å²) in [5.41, 5.74) is 5.80. The van der Waals surface area contributed by atoms with Crippen molar-refractivity contribution in [2.45, 2.75) is 20.8 Å². The van der Waals surface area contributed by atoms with E-state index in [-0.39, 0.29) is 12.5 Å². The van der Waals surface area contributed by atoms with Crippen molar-refractivity contribution in [2.24, 2.45) is 5.10 Å². The maximum Gasteiger partial charge on any atom is 0.329 e. The molecule has 0 unspecified atom stereocenters. The third-order valence-electron chi connectivity index (χ3n) is 4.85. The van der Waals surface area contributed by atoms with Crippen LogP contribution in [-0.2, 0) is 14.4 Å². The highest BCUT2D eigenvalue weighted by Crippen LogP contribution is 2.24. The molecule has 3 amide bonds. The molecule has 0 saturated heterocycles. The Morgan fingerprint density at radius 1 is 0.892 bits per heavy atom. The van der Waals surface area contributed by atoms with E-state index >= 15 is 0 Å². The summed E-state index contributed by atoms with van der Waals surface area (Å²) >= 11 is 3.37. The Hall–Kier alpha value is -4.18. The Labute approximate surface area is 223 Å². The van der Waals surface area contributed by atoms with Gasteiger partial charge in [0, 0.05) is 15.7 Å². The molecule has 3 rings (SSSR count). The molecule has 0 heterocycles. The fraction of sp³-hybridized carbons (Fsp3) is 0.185. The number of nitrogens with zero attached hydrogens (tertiary/aromatic N) is 1. The van der Waals surface area contributed by atoms with E-state index in [4.69, 9.17) is 9.47 Å². The number of para-hydroxylation sites is 2. The maximum atomic E-state index is 12.4. The predicted octanol–water partition coefficient (Wildman–Crippen LogP) is 4.57. The number of halogens is 1. The second-order valence-electron chi connectivity index (χ2n) is 7.98. The van der Waals surface area contributed by atoms with E-state index in [9.17, 15) is 14.4 Å². The van der Waals surface area contributed by atoms with Crippen LogP contribution in [0.5, 0.6) is 11.5 Å². The second-order valence-corrected chi connectivity index (χ2v) is 8.89. The molecule has 37 heavy (non-hydrogen) atoms. The summed E-state index contributed by atoms with van der Waals surface area (Å²) in [6.07, 6.45) is 1.32. The molecule has 0 aromatic heterocycles. The lowest BCUT2D eigenvalue weighted by atomic mass is 10.1. The first-order chi connectivity index (χ1) is 17.7. The average Bonchev–Trinajstić information content (AvgIpc) is 2.84. The average molecular weight is 567 g/mol. The number of amides is 3. The molecule has 0 aliphatic heterocycles. The van der Waals surface area contributed by atoms with Crippen LogP contribution in [0, 0.1) is 13.8 Å². The number of carbonyl (C=O) groups excluding carboxylic acids is 3. The molecule has 0 aliphatic carbocycles. The van der Waals surface area contributed by atoms with Crippen molar-refractivity contribution >= 4 is 51.2 Å². The van der Waals surface area contributed by atoms with Crippen LogP contribution in [0.3, 0.4) is 0 Å². The maximum absolute atomic E-state index is 12.4. The van der Waals surface area contributed by atoms with Crippen LogP contribution in [0.4, 0.5) is 11.4 Å². The van der Waals surface area contributed by atoms with Gasteiger partial charge in [0.05, 0.1) is 18.5 Å². The number of hydrogen-bond acceptors (Lipinski definition) is 6. The molecule has 3 aromatic rings. The SMILES string of the molecule is CCOc1ccccc1NC(=O)C(=O)N/N=C\c1cc(Br)ccc1OCC(=O)Nc1cc(C)cc(C)c1. The van der Waals surface area contributed by atoms with Gasteiger partial charge in [0.2, 0.25) is 0 Å². The topological polar surface area (TPSA) is 118 Å². The minimum absolute atomic E-state index is 0.233. The van der Waals surface area contributed by atoms with Crippen LogP contribution in [0.15, 0.2) is 70.2 Å². The summed E-state index contributed by atoms with van der Waals surface area (Å²) in [7, 11) is 0. The van der Waals surface area contributed by atoms with E-state index in [0.29, 0.717) is 35.0 Å². The fourth-order valence-corrected chi connectivity index (χ4v) is 3.76. The largest absolute Gasteiger partial charge is 0.492 e. The monoisotopic (exact) mass is 566 g/mol. The molecule has 0 fully saturated rings. The number of rotatable bonds is 9. The fourth-order valence-electron chi connectivity index (χ4n) is 3.38. The van der Waals surface area contributed by atoms with Crippen LogP contribution < -0.4 is 25.5 Å². The lowest BCUT2D eigenvalue weighted by Crippen LogP contribution is -2.32. The van der Waals surface area contributed by atoms with E-state index in [2.05, 4.69) is 37.1 Å². The Kier molecular flexibility index (Phi) is 9.79. The van der Waals surface area contributed by atoms with Crippen molar-refractivity contribution in [1.82, 2.24) is 5.43 Å². The number of carbonyl (C=O) groups is 3. The molecule has 0 saturated carbocycles. The highest BCUT2D eigenvalue weighted by atomic mass is 79.9. The summed E-state index contributed by atoms with van der Waals surface area (Å²) < 4.78 is 11.9. The van der Waals surface area contributed by atoms with Crippen LogP contribution >= 0.6 is 15.9 Å². The molecule has 0 atom stereocenters. The van der Waals surface area contributed by atoms with Gasteiger partial charge in [0.1, 0.15) is 11.5 Å². The summed E-state index contributed by atoms with van der Waals surface area (Å²) in [6.45, 7) is 5.90. The molecule has 192 valence electrons. The van der Waals surface area contributed by atoms with Gasteiger partial charge in [0.25, 0.3) is 5.91 Å². The lowest BCUT2D eigenvalue weighted by Gasteiger charge is -2.11. The highest BCUT2D eigenvalue weighted by molar-refractivity contribution is 9.10. The molecule has 0 spiro atoms. The van der Waals surface area contributed by atoms with E-state index in [0.717, 1.165) is 15.6 Å². The summed E-state index contributed by atoms with van der Waals surface area (Å²) in [4.78, 5) is 36.9. The van der Waals surface area contributed by atoms with Crippen molar-refractivity contribution in [1.29, 1.82) is 0 Å². The Bertz CT molecular complexity index is 1310. The zero-order valence-corrected chi connectivity index (χ0v) is 22.2. The Balaban J connectivity index is 1.59. The third-order valence-corrected chi connectivity index (χ3v) is 5.34. The predicted molar refractivity (Wildman–Crippen MR) is 146 cm³/mol. The second kappa shape index (κ2) is 13.2. The molecule has 0 radical (unpaired) electrons. The standard InChI is InChI=1S/C27H27BrN4O5/c1-4-36-24-8-6-5-7-22(24)31-26(34)27(35)32-29-15-19-14-20(28)9-10-23(19)37-16-25(33)30-21-12-17(2)11-18(3)13-21/h5-15H,4,16H2,1-3H3,(H,30,33)(H,31,34)(H,32,35)/b29-15-. The lowest BCUT2D eigenvalue weighted by molar-refractivity contribution is -0.136. The molecule has 10 heteroatoms. The van der Waals surface area contributed by atoms with Crippen LogP contribution in [-0.4, -0.2) is 37.1 Å². The van der Waals surface area contributed by atoms with E-state index in [1.165, 1.54) is 6.21 Å². The first-order valence-corrected chi connectivity index (χ1v) is 12.2. The van der Waals surface area contributed by atoms with Crippen molar-refractivity contribution in [3.63, 3.8) is 0 Å². The highest BCUT2D eigenvalue weighted by Gasteiger charge is 2.15. The number of ether oxygens (including phenoxy) is 2. The Morgan fingerprint density at radius 2 is 1.62 bits per heavy atom. The third kappa shape index (κ3) is 8.46.